The minimum atomic E-state index is -0.529. The van der Waals surface area contributed by atoms with E-state index in [2.05, 4.69) is 5.32 Å². The molecule has 2 aliphatic rings. The standard InChI is InChI=1S/C7H8N2O3/c10-5-3-4(7(12)8-5)9-2-1-6(9)11/h4H,1-3H2,(H,8,10,12). The number of amides is 3. The molecule has 0 aromatic carbocycles. The van der Waals surface area contributed by atoms with Gasteiger partial charge in [-0.3, -0.25) is 19.7 Å². The molecule has 1 N–H and O–H groups in total. The van der Waals surface area contributed by atoms with E-state index in [1.807, 2.05) is 0 Å². The van der Waals surface area contributed by atoms with Crippen LogP contribution in [-0.4, -0.2) is 35.2 Å². The normalized spacial score (nSPS) is 28.8. The summed E-state index contributed by atoms with van der Waals surface area (Å²) in [5.41, 5.74) is 0. The highest BCUT2D eigenvalue weighted by Crippen LogP contribution is 2.18. The zero-order valence-corrected chi connectivity index (χ0v) is 6.37. The molecule has 2 aliphatic heterocycles. The fraction of sp³-hybridized carbons (Fsp3) is 0.571. The third-order valence-corrected chi connectivity index (χ3v) is 2.21. The third-order valence-electron chi connectivity index (χ3n) is 2.21. The van der Waals surface area contributed by atoms with Crippen LogP contribution in [-0.2, 0) is 14.4 Å². The molecule has 64 valence electrons. The fourth-order valence-corrected chi connectivity index (χ4v) is 1.45. The molecule has 2 heterocycles. The summed E-state index contributed by atoms with van der Waals surface area (Å²) in [7, 11) is 0. The van der Waals surface area contributed by atoms with E-state index < -0.39 is 6.04 Å². The molecule has 0 aliphatic carbocycles. The molecule has 0 aromatic heterocycles. The van der Waals surface area contributed by atoms with Crippen LogP contribution >= 0.6 is 0 Å². The van der Waals surface area contributed by atoms with Gasteiger partial charge >= 0.3 is 0 Å². The number of hydrogen-bond donors (Lipinski definition) is 1. The van der Waals surface area contributed by atoms with Crippen LogP contribution in [0.1, 0.15) is 12.8 Å². The average Bonchev–Trinajstić information content (AvgIpc) is 2.28. The first kappa shape index (κ1) is 7.27. The molecule has 5 heteroatoms. The number of likely N-dealkylation sites (tertiary alicyclic amines) is 1. The van der Waals surface area contributed by atoms with Crippen molar-refractivity contribution in [2.45, 2.75) is 18.9 Å². The van der Waals surface area contributed by atoms with Crippen molar-refractivity contribution in [3.05, 3.63) is 0 Å². The molecule has 1 unspecified atom stereocenters. The largest absolute Gasteiger partial charge is 0.330 e. The Bertz CT molecular complexity index is 274. The van der Waals surface area contributed by atoms with Crippen molar-refractivity contribution >= 4 is 17.7 Å². The Balaban J connectivity index is 2.09. The number of rotatable bonds is 1. The summed E-state index contributed by atoms with van der Waals surface area (Å²) >= 11 is 0. The topological polar surface area (TPSA) is 66.5 Å². The van der Waals surface area contributed by atoms with Crippen molar-refractivity contribution in [1.82, 2.24) is 10.2 Å². The molecule has 3 amide bonds. The van der Waals surface area contributed by atoms with Crippen LogP contribution in [0.25, 0.3) is 0 Å². The van der Waals surface area contributed by atoms with Crippen LogP contribution < -0.4 is 5.32 Å². The van der Waals surface area contributed by atoms with Crippen molar-refractivity contribution < 1.29 is 14.4 Å². The van der Waals surface area contributed by atoms with Gasteiger partial charge in [0, 0.05) is 13.0 Å². The number of β-lactam (4-membered cyclic amide) rings is 1. The lowest BCUT2D eigenvalue weighted by Crippen LogP contribution is -2.52. The van der Waals surface area contributed by atoms with Gasteiger partial charge in [0.25, 0.3) is 0 Å². The molecule has 2 rings (SSSR count). The number of carbonyl (C=O) groups excluding carboxylic acids is 3. The van der Waals surface area contributed by atoms with Gasteiger partial charge in [-0.1, -0.05) is 0 Å². The van der Waals surface area contributed by atoms with E-state index in [1.54, 1.807) is 0 Å². The summed E-state index contributed by atoms with van der Waals surface area (Å²) in [4.78, 5) is 34.1. The average molecular weight is 168 g/mol. The number of nitrogens with zero attached hydrogens (tertiary/aromatic N) is 1. The second kappa shape index (κ2) is 2.30. The minimum absolute atomic E-state index is 0.0372. The quantitative estimate of drug-likeness (QED) is 0.388. The second-order valence-corrected chi connectivity index (χ2v) is 2.97. The molecular formula is C7H8N2O3. The van der Waals surface area contributed by atoms with Gasteiger partial charge < -0.3 is 4.90 Å². The van der Waals surface area contributed by atoms with Gasteiger partial charge in [-0.15, -0.1) is 0 Å². The highest BCUT2D eigenvalue weighted by Gasteiger charge is 2.41. The van der Waals surface area contributed by atoms with Gasteiger partial charge in [-0.25, -0.2) is 0 Å². The maximum Gasteiger partial charge on any atom is 0.249 e. The first-order valence-electron chi connectivity index (χ1n) is 3.81. The predicted octanol–water partition coefficient (Wildman–Crippen LogP) is -1.37. The summed E-state index contributed by atoms with van der Waals surface area (Å²) in [6.45, 7) is 0.601. The van der Waals surface area contributed by atoms with Crippen LogP contribution in [0, 0.1) is 0 Å². The van der Waals surface area contributed by atoms with Gasteiger partial charge in [-0.2, -0.15) is 0 Å². The smallest absolute Gasteiger partial charge is 0.249 e. The van der Waals surface area contributed by atoms with Gasteiger partial charge in [0.15, 0.2) is 0 Å². The Labute approximate surface area is 68.7 Å². The first-order chi connectivity index (χ1) is 5.68. The predicted molar refractivity (Wildman–Crippen MR) is 37.9 cm³/mol. The van der Waals surface area contributed by atoms with E-state index in [4.69, 9.17) is 0 Å². The maximum atomic E-state index is 11.0. The van der Waals surface area contributed by atoms with E-state index in [0.717, 1.165) is 0 Å². The highest BCUT2D eigenvalue weighted by molar-refractivity contribution is 6.07. The van der Waals surface area contributed by atoms with Crippen molar-refractivity contribution in [3.8, 4) is 0 Å². The van der Waals surface area contributed by atoms with E-state index in [0.29, 0.717) is 13.0 Å². The minimum Gasteiger partial charge on any atom is -0.330 e. The number of nitrogens with one attached hydrogen (secondary N) is 1. The second-order valence-electron chi connectivity index (χ2n) is 2.97. The molecule has 0 spiro atoms. The Morgan fingerprint density at radius 3 is 2.42 bits per heavy atom. The molecule has 0 radical (unpaired) electrons. The Kier molecular flexibility index (Phi) is 1.39. The summed E-state index contributed by atoms with van der Waals surface area (Å²) < 4.78 is 0. The van der Waals surface area contributed by atoms with Crippen LogP contribution in [0.5, 0.6) is 0 Å². The molecular weight excluding hydrogens is 160 g/mol. The Morgan fingerprint density at radius 2 is 2.08 bits per heavy atom. The molecule has 2 fully saturated rings. The molecule has 2 saturated heterocycles. The third kappa shape index (κ3) is 0.895. The maximum absolute atomic E-state index is 11.0. The van der Waals surface area contributed by atoms with Gasteiger partial charge in [0.1, 0.15) is 6.04 Å². The van der Waals surface area contributed by atoms with Gasteiger partial charge in [0.05, 0.1) is 6.42 Å². The number of hydrogen-bond acceptors (Lipinski definition) is 3. The monoisotopic (exact) mass is 168 g/mol. The molecule has 1 atom stereocenters. The van der Waals surface area contributed by atoms with Crippen LogP contribution in [0.15, 0.2) is 0 Å². The van der Waals surface area contributed by atoms with Crippen LogP contribution in [0.3, 0.4) is 0 Å². The fourth-order valence-electron chi connectivity index (χ4n) is 1.45. The van der Waals surface area contributed by atoms with Crippen LogP contribution in [0.2, 0.25) is 0 Å². The Hall–Kier alpha value is -1.39. The summed E-state index contributed by atoms with van der Waals surface area (Å²) in [5.74, 6) is -0.664. The van der Waals surface area contributed by atoms with Gasteiger partial charge in [0.2, 0.25) is 17.7 Å². The van der Waals surface area contributed by atoms with Crippen LogP contribution in [0.4, 0.5) is 0 Å². The van der Waals surface area contributed by atoms with E-state index in [1.165, 1.54) is 4.90 Å². The zero-order valence-electron chi connectivity index (χ0n) is 6.37. The van der Waals surface area contributed by atoms with Gasteiger partial charge in [-0.05, 0) is 0 Å². The SMILES string of the molecule is O=C1CC(N2CCC2=O)C(=O)N1. The van der Waals surface area contributed by atoms with E-state index in [-0.39, 0.29) is 24.1 Å². The first-order valence-corrected chi connectivity index (χ1v) is 3.81. The number of carbonyl (C=O) groups is 3. The lowest BCUT2D eigenvalue weighted by atomic mass is 10.1. The van der Waals surface area contributed by atoms with Crippen molar-refractivity contribution in [3.63, 3.8) is 0 Å². The zero-order chi connectivity index (χ0) is 8.72. The lowest BCUT2D eigenvalue weighted by molar-refractivity contribution is -0.147. The molecule has 5 nitrogen and oxygen atoms in total. The van der Waals surface area contributed by atoms with Crippen molar-refractivity contribution in [2.75, 3.05) is 6.54 Å². The molecule has 0 saturated carbocycles. The van der Waals surface area contributed by atoms with Crippen molar-refractivity contribution in [2.24, 2.45) is 0 Å². The summed E-state index contributed by atoms with van der Waals surface area (Å²) in [6.07, 6.45) is 0.628. The molecule has 0 bridgehead atoms. The Morgan fingerprint density at radius 1 is 1.33 bits per heavy atom. The highest BCUT2D eigenvalue weighted by atomic mass is 16.2. The molecule has 12 heavy (non-hydrogen) atoms. The van der Waals surface area contributed by atoms with Crippen molar-refractivity contribution in [1.29, 1.82) is 0 Å². The summed E-state index contributed by atoms with van der Waals surface area (Å²) in [5, 5.41) is 2.16. The number of imide groups is 1. The lowest BCUT2D eigenvalue weighted by Gasteiger charge is -2.34. The van der Waals surface area contributed by atoms with E-state index >= 15 is 0 Å². The summed E-state index contributed by atoms with van der Waals surface area (Å²) in [6, 6.07) is -0.529. The molecule has 0 aromatic rings. The van der Waals surface area contributed by atoms with E-state index in [9.17, 15) is 14.4 Å².